The van der Waals surface area contributed by atoms with Gasteiger partial charge in [0.25, 0.3) is 0 Å². The van der Waals surface area contributed by atoms with E-state index in [9.17, 15) is 0 Å². The Morgan fingerprint density at radius 2 is 2.00 bits per heavy atom. The Hall–Kier alpha value is -2.21. The SMILES string of the molecule is COCc1nnc2c3ccccc3nc(N(C)C(C)C)n12. The van der Waals surface area contributed by atoms with E-state index >= 15 is 0 Å². The van der Waals surface area contributed by atoms with E-state index in [1.165, 1.54) is 0 Å². The number of ether oxygens (including phenoxy) is 1. The van der Waals surface area contributed by atoms with Crippen molar-refractivity contribution >= 4 is 22.5 Å². The molecule has 3 rings (SSSR count). The lowest BCUT2D eigenvalue weighted by Crippen LogP contribution is -2.29. The Morgan fingerprint density at radius 1 is 1.24 bits per heavy atom. The molecule has 0 atom stereocenters. The molecule has 21 heavy (non-hydrogen) atoms. The number of methoxy groups -OCH3 is 1. The number of hydrogen-bond acceptors (Lipinski definition) is 5. The van der Waals surface area contributed by atoms with Crippen LogP contribution in [0.15, 0.2) is 24.3 Å². The molecule has 0 amide bonds. The minimum absolute atomic E-state index is 0.319. The summed E-state index contributed by atoms with van der Waals surface area (Å²) in [5, 5.41) is 9.59. The van der Waals surface area contributed by atoms with Crippen molar-refractivity contribution < 1.29 is 4.74 Å². The van der Waals surface area contributed by atoms with Gasteiger partial charge in [0.2, 0.25) is 5.95 Å². The summed E-state index contributed by atoms with van der Waals surface area (Å²) >= 11 is 0. The third-order valence-corrected chi connectivity index (χ3v) is 3.66. The third-order valence-electron chi connectivity index (χ3n) is 3.66. The topological polar surface area (TPSA) is 55.6 Å². The van der Waals surface area contributed by atoms with Crippen LogP contribution in [0.2, 0.25) is 0 Å². The summed E-state index contributed by atoms with van der Waals surface area (Å²) in [7, 11) is 3.68. The van der Waals surface area contributed by atoms with Crippen molar-refractivity contribution in [3.05, 3.63) is 30.1 Å². The molecule has 0 saturated carbocycles. The fourth-order valence-corrected chi connectivity index (χ4v) is 2.31. The molecule has 2 heterocycles. The smallest absolute Gasteiger partial charge is 0.213 e. The van der Waals surface area contributed by atoms with Gasteiger partial charge in [0, 0.05) is 25.6 Å². The number of benzene rings is 1. The van der Waals surface area contributed by atoms with Crippen molar-refractivity contribution in [2.45, 2.75) is 26.5 Å². The van der Waals surface area contributed by atoms with Gasteiger partial charge in [0.05, 0.1) is 5.52 Å². The van der Waals surface area contributed by atoms with Gasteiger partial charge in [-0.2, -0.15) is 0 Å². The van der Waals surface area contributed by atoms with Crippen LogP contribution in [0.5, 0.6) is 0 Å². The molecular formula is C15H19N5O. The van der Waals surface area contributed by atoms with Gasteiger partial charge in [-0.05, 0) is 26.0 Å². The Bertz CT molecular complexity index is 780. The second-order valence-corrected chi connectivity index (χ2v) is 5.34. The summed E-state index contributed by atoms with van der Waals surface area (Å²) in [5.41, 5.74) is 1.74. The van der Waals surface area contributed by atoms with Crippen molar-refractivity contribution in [2.24, 2.45) is 0 Å². The van der Waals surface area contributed by atoms with Gasteiger partial charge < -0.3 is 9.64 Å². The lowest BCUT2D eigenvalue weighted by Gasteiger charge is -2.24. The van der Waals surface area contributed by atoms with E-state index in [1.807, 2.05) is 35.7 Å². The number of hydrogen-bond donors (Lipinski definition) is 0. The van der Waals surface area contributed by atoms with Crippen LogP contribution in [-0.4, -0.2) is 39.8 Å². The van der Waals surface area contributed by atoms with Crippen molar-refractivity contribution in [2.75, 3.05) is 19.1 Å². The molecule has 6 heteroatoms. The minimum Gasteiger partial charge on any atom is -0.377 e. The number of anilines is 1. The monoisotopic (exact) mass is 285 g/mol. The number of rotatable bonds is 4. The van der Waals surface area contributed by atoms with Gasteiger partial charge >= 0.3 is 0 Å². The predicted octanol–water partition coefficient (Wildman–Crippen LogP) is 2.27. The van der Waals surface area contributed by atoms with Crippen molar-refractivity contribution in [3.63, 3.8) is 0 Å². The summed E-state index contributed by atoms with van der Waals surface area (Å²) in [4.78, 5) is 6.91. The highest BCUT2D eigenvalue weighted by Gasteiger charge is 2.18. The van der Waals surface area contributed by atoms with Crippen LogP contribution in [-0.2, 0) is 11.3 Å². The molecule has 0 spiro atoms. The molecular weight excluding hydrogens is 266 g/mol. The molecule has 0 unspecified atom stereocenters. The lowest BCUT2D eigenvalue weighted by atomic mass is 10.2. The Morgan fingerprint density at radius 3 is 2.71 bits per heavy atom. The standard InChI is InChI=1S/C15H19N5O/c1-10(2)19(3)15-16-12-8-6-5-7-11(12)14-18-17-13(9-21-4)20(14)15/h5-8,10H,9H2,1-4H3. The molecule has 0 bridgehead atoms. The van der Waals surface area contributed by atoms with E-state index in [-0.39, 0.29) is 0 Å². The zero-order valence-corrected chi connectivity index (χ0v) is 12.7. The number of nitrogens with zero attached hydrogens (tertiary/aromatic N) is 5. The minimum atomic E-state index is 0.319. The quantitative estimate of drug-likeness (QED) is 0.736. The first-order chi connectivity index (χ1) is 10.1. The predicted molar refractivity (Wildman–Crippen MR) is 82.5 cm³/mol. The maximum absolute atomic E-state index is 5.23. The van der Waals surface area contributed by atoms with Crippen molar-refractivity contribution in [1.82, 2.24) is 19.6 Å². The van der Waals surface area contributed by atoms with Crippen LogP contribution in [0, 0.1) is 0 Å². The molecule has 1 aromatic carbocycles. The highest BCUT2D eigenvalue weighted by atomic mass is 16.5. The van der Waals surface area contributed by atoms with E-state index in [0.717, 1.165) is 28.3 Å². The molecule has 0 N–H and O–H groups in total. The second-order valence-electron chi connectivity index (χ2n) is 5.34. The molecule has 110 valence electrons. The maximum Gasteiger partial charge on any atom is 0.213 e. The summed E-state index contributed by atoms with van der Waals surface area (Å²) in [6.07, 6.45) is 0. The van der Waals surface area contributed by atoms with E-state index in [0.29, 0.717) is 12.6 Å². The molecule has 0 aliphatic heterocycles. The zero-order valence-electron chi connectivity index (χ0n) is 12.7. The Labute approximate surface area is 123 Å². The van der Waals surface area contributed by atoms with Crippen LogP contribution in [0.25, 0.3) is 16.6 Å². The number of para-hydroxylation sites is 1. The van der Waals surface area contributed by atoms with Crippen LogP contribution < -0.4 is 4.90 Å². The normalized spacial score (nSPS) is 11.7. The van der Waals surface area contributed by atoms with Gasteiger partial charge in [0.15, 0.2) is 11.5 Å². The van der Waals surface area contributed by atoms with Gasteiger partial charge in [-0.1, -0.05) is 12.1 Å². The van der Waals surface area contributed by atoms with Crippen molar-refractivity contribution in [1.29, 1.82) is 0 Å². The van der Waals surface area contributed by atoms with E-state index < -0.39 is 0 Å². The first-order valence-corrected chi connectivity index (χ1v) is 6.98. The Balaban J connectivity index is 2.37. The van der Waals surface area contributed by atoms with Crippen LogP contribution in [0.3, 0.4) is 0 Å². The fraction of sp³-hybridized carbons (Fsp3) is 0.400. The Kier molecular flexibility index (Phi) is 3.47. The van der Waals surface area contributed by atoms with Gasteiger partial charge in [0.1, 0.15) is 6.61 Å². The molecule has 0 fully saturated rings. The summed E-state index contributed by atoms with van der Waals surface area (Å²) < 4.78 is 7.21. The summed E-state index contributed by atoms with van der Waals surface area (Å²) in [5.74, 6) is 1.59. The van der Waals surface area contributed by atoms with Crippen LogP contribution in [0.4, 0.5) is 5.95 Å². The molecule has 2 aromatic heterocycles. The number of aromatic nitrogens is 4. The van der Waals surface area contributed by atoms with E-state index in [2.05, 4.69) is 28.9 Å². The largest absolute Gasteiger partial charge is 0.377 e. The first-order valence-electron chi connectivity index (χ1n) is 6.98. The molecule has 0 aliphatic carbocycles. The van der Waals surface area contributed by atoms with Crippen LogP contribution in [0.1, 0.15) is 19.7 Å². The molecule has 0 saturated heterocycles. The molecule has 6 nitrogen and oxygen atoms in total. The van der Waals surface area contributed by atoms with E-state index in [1.54, 1.807) is 7.11 Å². The average molecular weight is 285 g/mol. The maximum atomic E-state index is 5.23. The highest BCUT2D eigenvalue weighted by molar-refractivity contribution is 5.92. The third kappa shape index (κ3) is 2.21. The molecule has 0 aliphatic rings. The zero-order chi connectivity index (χ0) is 15.0. The lowest BCUT2D eigenvalue weighted by molar-refractivity contribution is 0.177. The number of fused-ring (bicyclic) bond motifs is 3. The highest BCUT2D eigenvalue weighted by Crippen LogP contribution is 2.24. The van der Waals surface area contributed by atoms with Crippen molar-refractivity contribution in [3.8, 4) is 0 Å². The molecule has 0 radical (unpaired) electrons. The van der Waals surface area contributed by atoms with Crippen LogP contribution >= 0.6 is 0 Å². The average Bonchev–Trinajstić information content (AvgIpc) is 2.90. The second kappa shape index (κ2) is 5.29. The summed E-state index contributed by atoms with van der Waals surface area (Å²) in [6, 6.07) is 8.30. The van der Waals surface area contributed by atoms with Gasteiger partial charge in [-0.25, -0.2) is 9.38 Å². The first kappa shape index (κ1) is 13.8. The van der Waals surface area contributed by atoms with Gasteiger partial charge in [-0.15, -0.1) is 10.2 Å². The van der Waals surface area contributed by atoms with E-state index in [4.69, 9.17) is 9.72 Å². The van der Waals surface area contributed by atoms with Gasteiger partial charge in [-0.3, -0.25) is 0 Å². The summed E-state index contributed by atoms with van der Waals surface area (Å²) in [6.45, 7) is 4.66. The molecule has 3 aromatic rings. The fourth-order valence-electron chi connectivity index (χ4n) is 2.31.